The minimum absolute atomic E-state index is 0.329. The number of fused-ring (bicyclic) bond motifs is 2. The topological polar surface area (TPSA) is 75.6 Å². The number of benzene rings is 1. The minimum Gasteiger partial charge on any atom is -0.368 e. The lowest BCUT2D eigenvalue weighted by Crippen LogP contribution is -2.12. The molecule has 3 aromatic heterocycles. The average molecular weight is 459 g/mol. The first-order valence-electron chi connectivity index (χ1n) is 12.2. The molecule has 0 radical (unpaired) electrons. The first kappa shape index (κ1) is 25.3. The van der Waals surface area contributed by atoms with Gasteiger partial charge in [0.15, 0.2) is 0 Å². The molecular formula is C28H38N6. The molecule has 0 saturated heterocycles. The maximum Gasteiger partial charge on any atom is 0.223 e. The molecule has 0 aliphatic heterocycles. The van der Waals surface area contributed by atoms with E-state index in [2.05, 4.69) is 110 Å². The first-order chi connectivity index (χ1) is 16.1. The second-order valence-electron chi connectivity index (χ2n) is 9.92. The number of pyridine rings is 2. The van der Waals surface area contributed by atoms with Gasteiger partial charge < -0.3 is 10.6 Å². The molecule has 6 nitrogen and oxygen atoms in total. The number of rotatable bonds is 6. The summed E-state index contributed by atoms with van der Waals surface area (Å²) in [6.45, 7) is 17.0. The highest BCUT2D eigenvalue weighted by atomic mass is 15.1. The van der Waals surface area contributed by atoms with Crippen molar-refractivity contribution in [3.63, 3.8) is 0 Å². The van der Waals surface area contributed by atoms with Crippen LogP contribution in [0.25, 0.3) is 21.8 Å². The summed E-state index contributed by atoms with van der Waals surface area (Å²) in [7, 11) is 0. The van der Waals surface area contributed by atoms with Crippen molar-refractivity contribution >= 4 is 33.6 Å². The predicted octanol–water partition coefficient (Wildman–Crippen LogP) is 7.15. The van der Waals surface area contributed by atoms with Gasteiger partial charge in [0, 0.05) is 29.4 Å². The van der Waals surface area contributed by atoms with Crippen LogP contribution in [0.5, 0.6) is 0 Å². The highest BCUT2D eigenvalue weighted by Gasteiger charge is 2.06. The van der Waals surface area contributed by atoms with Crippen molar-refractivity contribution < 1.29 is 0 Å². The van der Waals surface area contributed by atoms with Crippen molar-refractivity contribution in [3.8, 4) is 0 Å². The molecule has 0 unspecified atom stereocenters. The molecule has 0 aliphatic carbocycles. The van der Waals surface area contributed by atoms with Crippen LogP contribution in [0.4, 0.5) is 11.8 Å². The van der Waals surface area contributed by atoms with Gasteiger partial charge in [0.05, 0.1) is 11.7 Å². The Balaban J connectivity index is 0.000000191. The maximum atomic E-state index is 4.54. The molecule has 34 heavy (non-hydrogen) atoms. The molecular weight excluding hydrogens is 420 g/mol. The van der Waals surface area contributed by atoms with Gasteiger partial charge in [-0.2, -0.15) is 0 Å². The third kappa shape index (κ3) is 6.86. The fourth-order valence-corrected chi connectivity index (χ4v) is 3.48. The molecule has 3 heterocycles. The lowest BCUT2D eigenvalue weighted by atomic mass is 10.0. The SMILES string of the molecule is CC(C)Nc1cc2ccc(C(C)C)cc2cn1.CC(C)Nc1ncc2nc(C(C)C)ccc2n1. The standard InChI is InChI=1S/C15H20N2.C13H18N4/c1-10(2)12-5-6-13-8-15(17-11(3)4)16-9-14(13)7-12;1-8(2)10-5-6-11-12(16-10)7-14-13(17-11)15-9(3)4/h5-11H,1-4H3,(H,16,17);5-9H,1-4H3,(H,14,15,17). The molecule has 0 bridgehead atoms. The van der Waals surface area contributed by atoms with E-state index in [4.69, 9.17) is 0 Å². The van der Waals surface area contributed by atoms with E-state index in [0.717, 1.165) is 22.5 Å². The minimum atomic E-state index is 0.329. The summed E-state index contributed by atoms with van der Waals surface area (Å²) >= 11 is 0. The number of anilines is 2. The zero-order valence-corrected chi connectivity index (χ0v) is 21.7. The Hall–Kier alpha value is -3.28. The Bertz CT molecular complexity index is 1130. The molecule has 0 saturated carbocycles. The molecule has 0 spiro atoms. The van der Waals surface area contributed by atoms with E-state index >= 15 is 0 Å². The summed E-state index contributed by atoms with van der Waals surface area (Å²) in [4.78, 5) is 17.7. The zero-order chi connectivity index (χ0) is 24.8. The number of aromatic nitrogens is 4. The van der Waals surface area contributed by atoms with Crippen molar-refractivity contribution in [2.75, 3.05) is 10.6 Å². The lowest BCUT2D eigenvalue weighted by molar-refractivity contribution is 0.828. The summed E-state index contributed by atoms with van der Waals surface area (Å²) < 4.78 is 0. The van der Waals surface area contributed by atoms with Crippen LogP contribution in [0, 0.1) is 0 Å². The first-order valence-corrected chi connectivity index (χ1v) is 12.2. The Labute approximate surface area is 203 Å². The summed E-state index contributed by atoms with van der Waals surface area (Å²) in [5.74, 6) is 2.59. The van der Waals surface area contributed by atoms with Crippen LogP contribution in [0.15, 0.2) is 48.8 Å². The summed E-state index contributed by atoms with van der Waals surface area (Å²) in [5.41, 5.74) is 4.17. The van der Waals surface area contributed by atoms with Crippen molar-refractivity contribution in [3.05, 3.63) is 60.0 Å². The van der Waals surface area contributed by atoms with Gasteiger partial charge in [-0.25, -0.2) is 19.9 Å². The molecule has 4 aromatic rings. The Kier molecular flexibility index (Phi) is 8.37. The normalized spacial score (nSPS) is 11.4. The fourth-order valence-electron chi connectivity index (χ4n) is 3.48. The van der Waals surface area contributed by atoms with E-state index in [9.17, 15) is 0 Å². The van der Waals surface area contributed by atoms with Crippen LogP contribution < -0.4 is 10.6 Å². The van der Waals surface area contributed by atoms with Crippen LogP contribution in [-0.2, 0) is 0 Å². The van der Waals surface area contributed by atoms with E-state index < -0.39 is 0 Å². The van der Waals surface area contributed by atoms with Crippen molar-refractivity contribution in [1.29, 1.82) is 0 Å². The molecule has 0 atom stereocenters. The smallest absolute Gasteiger partial charge is 0.223 e. The van der Waals surface area contributed by atoms with E-state index in [1.165, 1.54) is 16.3 Å². The van der Waals surface area contributed by atoms with Gasteiger partial charge in [0.1, 0.15) is 11.3 Å². The zero-order valence-electron chi connectivity index (χ0n) is 21.7. The average Bonchev–Trinajstić information content (AvgIpc) is 2.77. The molecule has 180 valence electrons. The fraction of sp³-hybridized carbons (Fsp3) is 0.429. The quantitative estimate of drug-likeness (QED) is 0.320. The summed E-state index contributed by atoms with van der Waals surface area (Å²) in [6.07, 6.45) is 3.73. The van der Waals surface area contributed by atoms with Gasteiger partial charge in [-0.15, -0.1) is 0 Å². The second kappa shape index (κ2) is 11.2. The van der Waals surface area contributed by atoms with Crippen LogP contribution in [0.3, 0.4) is 0 Å². The molecule has 4 rings (SSSR count). The Morgan fingerprint density at radius 3 is 2.00 bits per heavy atom. The van der Waals surface area contributed by atoms with Crippen molar-refractivity contribution in [2.45, 2.75) is 79.3 Å². The molecule has 1 aromatic carbocycles. The Morgan fingerprint density at radius 2 is 1.35 bits per heavy atom. The summed E-state index contributed by atoms with van der Waals surface area (Å²) in [5, 5.41) is 8.96. The van der Waals surface area contributed by atoms with E-state index in [1.54, 1.807) is 6.20 Å². The third-order valence-corrected chi connectivity index (χ3v) is 5.32. The highest BCUT2D eigenvalue weighted by molar-refractivity contribution is 5.84. The molecule has 0 amide bonds. The number of hydrogen-bond donors (Lipinski definition) is 2. The van der Waals surface area contributed by atoms with Crippen molar-refractivity contribution in [1.82, 2.24) is 19.9 Å². The van der Waals surface area contributed by atoms with Gasteiger partial charge in [-0.1, -0.05) is 39.8 Å². The van der Waals surface area contributed by atoms with Crippen molar-refractivity contribution in [2.24, 2.45) is 0 Å². The monoisotopic (exact) mass is 458 g/mol. The predicted molar refractivity (Wildman–Crippen MR) is 145 cm³/mol. The van der Waals surface area contributed by atoms with Gasteiger partial charge >= 0.3 is 0 Å². The van der Waals surface area contributed by atoms with E-state index in [0.29, 0.717) is 29.9 Å². The molecule has 0 fully saturated rings. The lowest BCUT2D eigenvalue weighted by Gasteiger charge is -2.11. The number of nitrogens with one attached hydrogen (secondary N) is 2. The molecule has 6 heteroatoms. The molecule has 0 aliphatic rings. The largest absolute Gasteiger partial charge is 0.368 e. The van der Waals surface area contributed by atoms with Crippen LogP contribution in [0.2, 0.25) is 0 Å². The summed E-state index contributed by atoms with van der Waals surface area (Å²) in [6, 6.07) is 13.5. The Morgan fingerprint density at radius 1 is 0.618 bits per heavy atom. The number of hydrogen-bond acceptors (Lipinski definition) is 6. The number of nitrogens with zero attached hydrogens (tertiary/aromatic N) is 4. The molecule has 2 N–H and O–H groups in total. The van der Waals surface area contributed by atoms with Crippen LogP contribution >= 0.6 is 0 Å². The van der Waals surface area contributed by atoms with Crippen LogP contribution in [0.1, 0.15) is 78.5 Å². The van der Waals surface area contributed by atoms with Gasteiger partial charge in [0.2, 0.25) is 5.95 Å². The van der Waals surface area contributed by atoms with Gasteiger partial charge in [-0.05, 0) is 74.7 Å². The van der Waals surface area contributed by atoms with Crippen LogP contribution in [-0.4, -0.2) is 32.0 Å². The third-order valence-electron chi connectivity index (χ3n) is 5.32. The van der Waals surface area contributed by atoms with E-state index in [-0.39, 0.29) is 0 Å². The second-order valence-corrected chi connectivity index (χ2v) is 9.92. The maximum absolute atomic E-state index is 4.54. The van der Waals surface area contributed by atoms with Gasteiger partial charge in [0.25, 0.3) is 0 Å². The van der Waals surface area contributed by atoms with Gasteiger partial charge in [-0.3, -0.25) is 0 Å². The highest BCUT2D eigenvalue weighted by Crippen LogP contribution is 2.23. The van der Waals surface area contributed by atoms with E-state index in [1.807, 2.05) is 18.3 Å².